The summed E-state index contributed by atoms with van der Waals surface area (Å²) in [5.74, 6) is 0. The lowest BCUT2D eigenvalue weighted by molar-refractivity contribution is -0.174. The molecular formula is C11H20O2. The molecule has 0 aromatic carbocycles. The van der Waals surface area contributed by atoms with E-state index in [1.807, 2.05) is 0 Å². The van der Waals surface area contributed by atoms with E-state index in [-0.39, 0.29) is 12.4 Å². The molecule has 1 heterocycles. The lowest BCUT2D eigenvalue weighted by Gasteiger charge is -2.24. The van der Waals surface area contributed by atoms with E-state index in [1.54, 1.807) is 0 Å². The standard InChI is InChI=1S/C11H20O2/c1-3-4-7-10(2)13-11-8-5-6-9-12-11/h4,7,10-11H,3,5-6,8-9H2,1-2H3/b7-4-/t10-,11?/m1/s1. The Hall–Kier alpha value is -0.340. The number of hydrogen-bond acceptors (Lipinski definition) is 2. The van der Waals surface area contributed by atoms with E-state index in [1.165, 1.54) is 12.8 Å². The average molecular weight is 184 g/mol. The summed E-state index contributed by atoms with van der Waals surface area (Å²) >= 11 is 0. The van der Waals surface area contributed by atoms with Crippen LogP contribution in [0.4, 0.5) is 0 Å². The fraction of sp³-hybridized carbons (Fsp3) is 0.818. The van der Waals surface area contributed by atoms with Crippen LogP contribution in [-0.2, 0) is 9.47 Å². The molecule has 0 aromatic rings. The van der Waals surface area contributed by atoms with Gasteiger partial charge in [-0.1, -0.05) is 19.1 Å². The van der Waals surface area contributed by atoms with E-state index < -0.39 is 0 Å². The van der Waals surface area contributed by atoms with Crippen LogP contribution in [0.2, 0.25) is 0 Å². The molecule has 0 amide bonds. The topological polar surface area (TPSA) is 18.5 Å². The van der Waals surface area contributed by atoms with Crippen molar-refractivity contribution in [1.82, 2.24) is 0 Å². The molecular weight excluding hydrogens is 164 g/mol. The van der Waals surface area contributed by atoms with Crippen LogP contribution < -0.4 is 0 Å². The molecule has 0 aliphatic carbocycles. The summed E-state index contributed by atoms with van der Waals surface area (Å²) in [6.45, 7) is 5.04. The van der Waals surface area contributed by atoms with Gasteiger partial charge in [0.1, 0.15) is 0 Å². The van der Waals surface area contributed by atoms with Gasteiger partial charge >= 0.3 is 0 Å². The maximum atomic E-state index is 5.68. The molecule has 1 rings (SSSR count). The van der Waals surface area contributed by atoms with Crippen molar-refractivity contribution in [3.63, 3.8) is 0 Å². The van der Waals surface area contributed by atoms with Gasteiger partial charge in [0, 0.05) is 6.61 Å². The van der Waals surface area contributed by atoms with Gasteiger partial charge in [0.15, 0.2) is 6.29 Å². The van der Waals surface area contributed by atoms with Crippen molar-refractivity contribution in [1.29, 1.82) is 0 Å². The predicted molar refractivity (Wildman–Crippen MR) is 53.6 cm³/mol. The highest BCUT2D eigenvalue weighted by Crippen LogP contribution is 2.15. The summed E-state index contributed by atoms with van der Waals surface area (Å²) < 4.78 is 11.2. The van der Waals surface area contributed by atoms with Gasteiger partial charge in [0.25, 0.3) is 0 Å². The van der Waals surface area contributed by atoms with Gasteiger partial charge < -0.3 is 9.47 Å². The lowest BCUT2D eigenvalue weighted by Crippen LogP contribution is -2.25. The molecule has 13 heavy (non-hydrogen) atoms. The Morgan fingerprint density at radius 3 is 3.00 bits per heavy atom. The first-order valence-electron chi connectivity index (χ1n) is 5.26. The molecule has 1 fully saturated rings. The smallest absolute Gasteiger partial charge is 0.158 e. The van der Waals surface area contributed by atoms with E-state index in [9.17, 15) is 0 Å². The van der Waals surface area contributed by atoms with Gasteiger partial charge in [-0.05, 0) is 32.6 Å². The molecule has 0 bridgehead atoms. The highest BCUT2D eigenvalue weighted by molar-refractivity contribution is 4.86. The SMILES string of the molecule is CC/C=C\[C@@H](C)OC1CCCCO1. The fourth-order valence-corrected chi connectivity index (χ4v) is 1.43. The average Bonchev–Trinajstić information content (AvgIpc) is 2.16. The van der Waals surface area contributed by atoms with Gasteiger partial charge in [-0.25, -0.2) is 0 Å². The van der Waals surface area contributed by atoms with Gasteiger partial charge in [0.05, 0.1) is 6.10 Å². The van der Waals surface area contributed by atoms with Gasteiger partial charge in [0.2, 0.25) is 0 Å². The van der Waals surface area contributed by atoms with E-state index in [4.69, 9.17) is 9.47 Å². The Kier molecular flexibility index (Phi) is 5.09. The Morgan fingerprint density at radius 1 is 1.54 bits per heavy atom. The monoisotopic (exact) mass is 184 g/mol. The fourth-order valence-electron chi connectivity index (χ4n) is 1.43. The minimum Gasteiger partial charge on any atom is -0.353 e. The Bertz CT molecular complexity index is 148. The molecule has 0 saturated carbocycles. The number of ether oxygens (including phenoxy) is 2. The molecule has 1 saturated heterocycles. The van der Waals surface area contributed by atoms with Crippen molar-refractivity contribution in [2.24, 2.45) is 0 Å². The van der Waals surface area contributed by atoms with Gasteiger partial charge in [-0.2, -0.15) is 0 Å². The van der Waals surface area contributed by atoms with Gasteiger partial charge in [-0.3, -0.25) is 0 Å². The van der Waals surface area contributed by atoms with Crippen LogP contribution >= 0.6 is 0 Å². The normalized spacial score (nSPS) is 26.5. The number of rotatable bonds is 4. The molecule has 2 atom stereocenters. The second-order valence-corrected chi connectivity index (χ2v) is 3.47. The Morgan fingerprint density at radius 2 is 2.38 bits per heavy atom. The van der Waals surface area contributed by atoms with Crippen molar-refractivity contribution in [3.8, 4) is 0 Å². The first kappa shape index (κ1) is 10.7. The molecule has 1 aliphatic heterocycles. The molecule has 0 radical (unpaired) electrons. The molecule has 2 nitrogen and oxygen atoms in total. The third-order valence-corrected chi connectivity index (χ3v) is 2.15. The highest BCUT2D eigenvalue weighted by atomic mass is 16.7. The Balaban J connectivity index is 2.18. The summed E-state index contributed by atoms with van der Waals surface area (Å²) in [6, 6.07) is 0. The maximum absolute atomic E-state index is 5.68. The van der Waals surface area contributed by atoms with E-state index >= 15 is 0 Å². The van der Waals surface area contributed by atoms with Crippen molar-refractivity contribution >= 4 is 0 Å². The number of hydrogen-bond donors (Lipinski definition) is 0. The molecule has 0 spiro atoms. The molecule has 2 heteroatoms. The second-order valence-electron chi connectivity index (χ2n) is 3.47. The van der Waals surface area contributed by atoms with Crippen LogP contribution in [0.1, 0.15) is 39.5 Å². The van der Waals surface area contributed by atoms with Crippen LogP contribution in [0.5, 0.6) is 0 Å². The zero-order valence-electron chi connectivity index (χ0n) is 8.66. The largest absolute Gasteiger partial charge is 0.353 e. The molecule has 1 unspecified atom stereocenters. The first-order chi connectivity index (χ1) is 6.33. The maximum Gasteiger partial charge on any atom is 0.158 e. The highest BCUT2D eigenvalue weighted by Gasteiger charge is 2.15. The molecule has 1 aliphatic rings. The zero-order valence-corrected chi connectivity index (χ0v) is 8.66. The van der Waals surface area contributed by atoms with Crippen LogP contribution in [0.15, 0.2) is 12.2 Å². The van der Waals surface area contributed by atoms with Crippen LogP contribution in [-0.4, -0.2) is 19.0 Å². The minimum atomic E-state index is 0.0326. The minimum absolute atomic E-state index is 0.0326. The van der Waals surface area contributed by atoms with Crippen molar-refractivity contribution in [2.45, 2.75) is 51.9 Å². The van der Waals surface area contributed by atoms with Crippen LogP contribution in [0, 0.1) is 0 Å². The number of allylic oxidation sites excluding steroid dienone is 1. The lowest BCUT2D eigenvalue weighted by atomic mass is 10.2. The van der Waals surface area contributed by atoms with E-state index in [0.29, 0.717) is 0 Å². The van der Waals surface area contributed by atoms with Crippen LogP contribution in [0.25, 0.3) is 0 Å². The zero-order chi connectivity index (χ0) is 9.52. The summed E-state index contributed by atoms with van der Waals surface area (Å²) in [4.78, 5) is 0. The second kappa shape index (κ2) is 6.17. The molecule has 76 valence electrons. The molecule has 0 aromatic heterocycles. The third-order valence-electron chi connectivity index (χ3n) is 2.15. The van der Waals surface area contributed by atoms with E-state index in [0.717, 1.165) is 19.4 Å². The van der Waals surface area contributed by atoms with E-state index in [2.05, 4.69) is 26.0 Å². The summed E-state index contributed by atoms with van der Waals surface area (Å²) in [5.41, 5.74) is 0. The molecule has 0 N–H and O–H groups in total. The Labute approximate surface area is 80.9 Å². The quantitative estimate of drug-likeness (QED) is 0.625. The summed E-state index contributed by atoms with van der Waals surface area (Å²) in [6.07, 6.45) is 8.97. The van der Waals surface area contributed by atoms with Crippen LogP contribution in [0.3, 0.4) is 0 Å². The predicted octanol–water partition coefficient (Wildman–Crippen LogP) is 2.88. The third kappa shape index (κ3) is 4.44. The van der Waals surface area contributed by atoms with Crippen molar-refractivity contribution in [3.05, 3.63) is 12.2 Å². The van der Waals surface area contributed by atoms with Crippen molar-refractivity contribution in [2.75, 3.05) is 6.61 Å². The summed E-state index contributed by atoms with van der Waals surface area (Å²) in [5, 5.41) is 0. The first-order valence-corrected chi connectivity index (χ1v) is 5.26. The van der Waals surface area contributed by atoms with Crippen molar-refractivity contribution < 1.29 is 9.47 Å². The summed E-state index contributed by atoms with van der Waals surface area (Å²) in [7, 11) is 0. The van der Waals surface area contributed by atoms with Gasteiger partial charge in [-0.15, -0.1) is 0 Å².